The van der Waals surface area contributed by atoms with E-state index in [0.717, 1.165) is 6.07 Å². The topological polar surface area (TPSA) is 67.1 Å². The van der Waals surface area contributed by atoms with E-state index in [4.69, 9.17) is 17.3 Å². The van der Waals surface area contributed by atoms with Gasteiger partial charge in [0.05, 0.1) is 11.4 Å². The number of amides is 2. The van der Waals surface area contributed by atoms with Crippen LogP contribution in [0.3, 0.4) is 0 Å². The molecule has 2 aromatic carbocycles. The van der Waals surface area contributed by atoms with Crippen molar-refractivity contribution in [3.8, 4) is 0 Å². The fourth-order valence-electron chi connectivity index (χ4n) is 1.50. The van der Waals surface area contributed by atoms with Gasteiger partial charge in [-0.1, -0.05) is 17.7 Å². The molecule has 0 aliphatic rings. The van der Waals surface area contributed by atoms with Crippen LogP contribution in [-0.2, 0) is 0 Å². The number of anilines is 3. The molecule has 0 saturated heterocycles. The number of hydrogen-bond acceptors (Lipinski definition) is 2. The minimum atomic E-state index is -0.486. The van der Waals surface area contributed by atoms with Crippen LogP contribution in [0, 0.1) is 5.82 Å². The monoisotopic (exact) mass is 279 g/mol. The number of benzene rings is 2. The summed E-state index contributed by atoms with van der Waals surface area (Å²) in [5, 5.41) is 5.62. The minimum absolute atomic E-state index is 0.154. The summed E-state index contributed by atoms with van der Waals surface area (Å²) in [4.78, 5) is 11.7. The Morgan fingerprint density at radius 2 is 1.95 bits per heavy atom. The lowest BCUT2D eigenvalue weighted by Crippen LogP contribution is -2.20. The predicted octanol–water partition coefficient (Wildman–Crippen LogP) is 3.71. The van der Waals surface area contributed by atoms with Gasteiger partial charge in [0.15, 0.2) is 0 Å². The minimum Gasteiger partial charge on any atom is -0.397 e. The van der Waals surface area contributed by atoms with E-state index in [-0.39, 0.29) is 5.69 Å². The molecule has 4 nitrogen and oxygen atoms in total. The zero-order valence-corrected chi connectivity index (χ0v) is 10.5. The lowest BCUT2D eigenvalue weighted by atomic mass is 10.2. The maximum atomic E-state index is 12.9. The van der Waals surface area contributed by atoms with E-state index in [1.165, 1.54) is 12.1 Å². The second kappa shape index (κ2) is 5.58. The fraction of sp³-hybridized carbons (Fsp3) is 0. The van der Waals surface area contributed by atoms with Gasteiger partial charge >= 0.3 is 6.03 Å². The molecule has 2 rings (SSSR count). The number of urea groups is 1. The summed E-state index contributed by atoms with van der Waals surface area (Å²) < 4.78 is 12.9. The molecule has 2 amide bonds. The SMILES string of the molecule is Nc1cc(F)ccc1NC(=O)Nc1cccc(Cl)c1. The van der Waals surface area contributed by atoms with Crippen LogP contribution in [0.2, 0.25) is 5.02 Å². The van der Waals surface area contributed by atoms with Gasteiger partial charge in [-0.05, 0) is 36.4 Å². The average molecular weight is 280 g/mol. The standard InChI is InChI=1S/C13H11ClFN3O/c14-8-2-1-3-10(6-8)17-13(19)18-12-5-4-9(15)7-11(12)16/h1-7H,16H2,(H2,17,18,19). The van der Waals surface area contributed by atoms with E-state index < -0.39 is 11.8 Å². The van der Waals surface area contributed by atoms with Crippen molar-refractivity contribution in [3.05, 3.63) is 53.3 Å². The van der Waals surface area contributed by atoms with Gasteiger partial charge < -0.3 is 16.4 Å². The molecule has 0 atom stereocenters. The first-order valence-corrected chi connectivity index (χ1v) is 5.81. The number of halogens is 2. The Kier molecular flexibility index (Phi) is 3.87. The summed E-state index contributed by atoms with van der Waals surface area (Å²) in [7, 11) is 0. The van der Waals surface area contributed by atoms with E-state index in [2.05, 4.69) is 10.6 Å². The van der Waals surface area contributed by atoms with Gasteiger partial charge in [-0.2, -0.15) is 0 Å². The van der Waals surface area contributed by atoms with Gasteiger partial charge in [-0.15, -0.1) is 0 Å². The van der Waals surface area contributed by atoms with E-state index in [1.54, 1.807) is 24.3 Å². The van der Waals surface area contributed by atoms with Gasteiger partial charge in [-0.3, -0.25) is 0 Å². The Morgan fingerprint density at radius 3 is 2.63 bits per heavy atom. The van der Waals surface area contributed by atoms with Gasteiger partial charge in [-0.25, -0.2) is 9.18 Å². The number of carbonyl (C=O) groups is 1. The smallest absolute Gasteiger partial charge is 0.323 e. The van der Waals surface area contributed by atoms with E-state index >= 15 is 0 Å². The third-order valence-electron chi connectivity index (χ3n) is 2.34. The first-order valence-electron chi connectivity index (χ1n) is 5.43. The molecule has 0 saturated carbocycles. The molecular formula is C13H11ClFN3O. The molecule has 98 valence electrons. The Morgan fingerprint density at radius 1 is 1.16 bits per heavy atom. The maximum Gasteiger partial charge on any atom is 0.323 e. The molecule has 0 aromatic heterocycles. The molecular weight excluding hydrogens is 269 g/mol. The fourth-order valence-corrected chi connectivity index (χ4v) is 1.69. The zero-order chi connectivity index (χ0) is 13.8. The molecule has 6 heteroatoms. The van der Waals surface area contributed by atoms with Gasteiger partial charge in [0.25, 0.3) is 0 Å². The van der Waals surface area contributed by atoms with Crippen molar-refractivity contribution in [1.82, 2.24) is 0 Å². The van der Waals surface area contributed by atoms with Crippen molar-refractivity contribution in [2.75, 3.05) is 16.4 Å². The first-order chi connectivity index (χ1) is 9.04. The highest BCUT2D eigenvalue weighted by molar-refractivity contribution is 6.30. The number of hydrogen-bond donors (Lipinski definition) is 3. The summed E-state index contributed by atoms with van der Waals surface area (Å²) in [5.41, 5.74) is 6.62. The van der Waals surface area contributed by atoms with Crippen molar-refractivity contribution in [2.24, 2.45) is 0 Å². The second-order valence-corrected chi connectivity index (χ2v) is 4.26. The van der Waals surface area contributed by atoms with Crippen LogP contribution >= 0.6 is 11.6 Å². The van der Waals surface area contributed by atoms with Crippen molar-refractivity contribution < 1.29 is 9.18 Å². The van der Waals surface area contributed by atoms with Crippen molar-refractivity contribution >= 4 is 34.7 Å². The molecule has 4 N–H and O–H groups in total. The summed E-state index contributed by atoms with van der Waals surface area (Å²) in [6.45, 7) is 0. The third kappa shape index (κ3) is 3.59. The summed E-state index contributed by atoms with van der Waals surface area (Å²) in [5.74, 6) is -0.460. The number of nitrogen functional groups attached to an aromatic ring is 1. The highest BCUT2D eigenvalue weighted by atomic mass is 35.5. The Labute approximate surface area is 114 Å². The lowest BCUT2D eigenvalue weighted by molar-refractivity contribution is 0.262. The van der Waals surface area contributed by atoms with Crippen molar-refractivity contribution in [1.29, 1.82) is 0 Å². The van der Waals surface area contributed by atoms with Gasteiger partial charge in [0, 0.05) is 10.7 Å². The highest BCUT2D eigenvalue weighted by Crippen LogP contribution is 2.20. The summed E-state index contributed by atoms with van der Waals surface area (Å²) >= 11 is 5.80. The van der Waals surface area contributed by atoms with Crippen LogP contribution in [0.5, 0.6) is 0 Å². The van der Waals surface area contributed by atoms with Crippen molar-refractivity contribution in [2.45, 2.75) is 0 Å². The molecule has 0 spiro atoms. The number of rotatable bonds is 2. The first kappa shape index (κ1) is 13.2. The van der Waals surface area contributed by atoms with Gasteiger partial charge in [0.2, 0.25) is 0 Å². The molecule has 0 aliphatic carbocycles. The van der Waals surface area contributed by atoms with Crippen molar-refractivity contribution in [3.63, 3.8) is 0 Å². The van der Waals surface area contributed by atoms with E-state index in [9.17, 15) is 9.18 Å². The van der Waals surface area contributed by atoms with Crippen LogP contribution < -0.4 is 16.4 Å². The van der Waals surface area contributed by atoms with Crippen LogP contribution in [0.1, 0.15) is 0 Å². The van der Waals surface area contributed by atoms with Crippen LogP contribution in [-0.4, -0.2) is 6.03 Å². The lowest BCUT2D eigenvalue weighted by Gasteiger charge is -2.09. The summed E-state index contributed by atoms with van der Waals surface area (Å²) in [6, 6.07) is 9.96. The van der Waals surface area contributed by atoms with E-state index in [0.29, 0.717) is 16.4 Å². The van der Waals surface area contributed by atoms with E-state index in [1.807, 2.05) is 0 Å². The van der Waals surface area contributed by atoms with Crippen LogP contribution in [0.4, 0.5) is 26.2 Å². The molecule has 19 heavy (non-hydrogen) atoms. The molecule has 0 unspecified atom stereocenters. The molecule has 0 radical (unpaired) electrons. The molecule has 0 aliphatic heterocycles. The Balaban J connectivity index is 2.05. The average Bonchev–Trinajstić information content (AvgIpc) is 2.33. The zero-order valence-electron chi connectivity index (χ0n) is 9.78. The highest BCUT2D eigenvalue weighted by Gasteiger charge is 2.06. The van der Waals surface area contributed by atoms with Crippen LogP contribution in [0.15, 0.2) is 42.5 Å². The normalized spacial score (nSPS) is 10.0. The molecule has 2 aromatic rings. The quantitative estimate of drug-likeness (QED) is 0.734. The van der Waals surface area contributed by atoms with Gasteiger partial charge in [0.1, 0.15) is 5.82 Å². The second-order valence-electron chi connectivity index (χ2n) is 3.82. The predicted molar refractivity (Wildman–Crippen MR) is 74.9 cm³/mol. The summed E-state index contributed by atoms with van der Waals surface area (Å²) in [6.07, 6.45) is 0. The molecule has 0 fully saturated rings. The van der Waals surface area contributed by atoms with Crippen LogP contribution in [0.25, 0.3) is 0 Å². The third-order valence-corrected chi connectivity index (χ3v) is 2.58. The molecule has 0 heterocycles. The Bertz CT molecular complexity index is 619. The number of nitrogens with one attached hydrogen (secondary N) is 2. The number of carbonyl (C=O) groups excluding carboxylic acids is 1. The maximum absolute atomic E-state index is 12.9. The number of nitrogens with two attached hydrogens (primary N) is 1. The largest absolute Gasteiger partial charge is 0.397 e. The Hall–Kier alpha value is -2.27. The molecule has 0 bridgehead atoms.